The number of rotatable bonds is 5. The topological polar surface area (TPSA) is 107 Å². The molecule has 6 atom stereocenters. The highest BCUT2D eigenvalue weighted by atomic mass is 35.5. The first-order chi connectivity index (χ1) is 23.5. The molecular formula is C38H28Cl2FN3O5. The Morgan fingerprint density at radius 1 is 0.714 bits per heavy atom. The number of alkyl halides is 2. The van der Waals surface area contributed by atoms with Crippen LogP contribution >= 0.6 is 23.2 Å². The zero-order valence-electron chi connectivity index (χ0n) is 25.7. The number of halogens is 3. The Morgan fingerprint density at radius 3 is 2.00 bits per heavy atom. The number of aromatic hydroxyl groups is 1. The van der Waals surface area contributed by atoms with Crippen LogP contribution in [-0.4, -0.2) is 38.5 Å². The molecule has 0 unspecified atom stereocenters. The van der Waals surface area contributed by atoms with Crippen molar-refractivity contribution in [3.63, 3.8) is 0 Å². The number of hydrogen-bond acceptors (Lipinski definition) is 6. The molecule has 0 aromatic heterocycles. The summed E-state index contributed by atoms with van der Waals surface area (Å²) in [5.41, 5.74) is 3.32. The predicted molar refractivity (Wildman–Crippen MR) is 183 cm³/mol. The molecule has 2 N–H and O–H groups in total. The molecule has 2 saturated heterocycles. The molecule has 2 aliphatic carbocycles. The maximum atomic E-state index is 14.4. The summed E-state index contributed by atoms with van der Waals surface area (Å²) in [6.07, 6.45) is 1.88. The van der Waals surface area contributed by atoms with Gasteiger partial charge in [0, 0.05) is 17.3 Å². The van der Waals surface area contributed by atoms with Crippen LogP contribution in [0.1, 0.15) is 24.3 Å². The van der Waals surface area contributed by atoms with Crippen LogP contribution in [0.5, 0.6) is 5.75 Å². The summed E-state index contributed by atoms with van der Waals surface area (Å²) in [4.78, 5) is 55.0. The van der Waals surface area contributed by atoms with Gasteiger partial charge in [-0.3, -0.25) is 24.1 Å². The number of allylic oxidation sites excluding steroid dienone is 2. The number of hydrogen-bond donors (Lipinski definition) is 2. The summed E-state index contributed by atoms with van der Waals surface area (Å²) in [7, 11) is 0. The lowest BCUT2D eigenvalue weighted by atomic mass is 9.56. The number of anilines is 4. The lowest BCUT2D eigenvalue weighted by Gasteiger charge is -2.50. The summed E-state index contributed by atoms with van der Waals surface area (Å²) in [5, 5.41) is 13.4. The Morgan fingerprint density at radius 2 is 1.33 bits per heavy atom. The number of fused-ring (bicyclic) bond motifs is 4. The standard InChI is InChI=1S/C38H28Cl2FN3O5/c39-37-20-30-28(18-19-29-31(30)34(47)43(33(29)46)25-14-10-24(11-15-25)42-23-4-2-1-3-5-23)32(21-6-16-27(45)17-7-21)38(37,40)36(49)44(35(37)48)26-12-8-22(41)9-13-26/h1-18,29-32,42,45H,19-20H2/t29-,30+,31-,32-,37+,38-/m0/s1. The van der Waals surface area contributed by atoms with Gasteiger partial charge in [0.1, 0.15) is 11.6 Å². The average molecular weight is 697 g/mol. The van der Waals surface area contributed by atoms with Gasteiger partial charge in [-0.1, -0.05) is 42.0 Å². The van der Waals surface area contributed by atoms with Crippen LogP contribution in [0.3, 0.4) is 0 Å². The highest BCUT2D eigenvalue weighted by Gasteiger charge is 2.76. The van der Waals surface area contributed by atoms with Crippen LogP contribution in [-0.2, 0) is 19.2 Å². The Labute approximate surface area is 290 Å². The van der Waals surface area contributed by atoms with Gasteiger partial charge in [-0.2, -0.15) is 0 Å². The third kappa shape index (κ3) is 4.56. The summed E-state index contributed by atoms with van der Waals surface area (Å²) in [6.45, 7) is 0. The van der Waals surface area contributed by atoms with Crippen molar-refractivity contribution < 1.29 is 28.7 Å². The number of amides is 4. The van der Waals surface area contributed by atoms with E-state index in [-0.39, 0.29) is 30.2 Å². The molecule has 4 aromatic carbocycles. The number of nitrogens with one attached hydrogen (secondary N) is 1. The van der Waals surface area contributed by atoms with E-state index in [1.54, 1.807) is 36.4 Å². The quantitative estimate of drug-likeness (QED) is 0.132. The Bertz CT molecular complexity index is 2060. The minimum absolute atomic E-state index is 0.0199. The van der Waals surface area contributed by atoms with Crippen molar-refractivity contribution in [1.82, 2.24) is 0 Å². The SMILES string of the molecule is O=C1[C@H]2[C@H](CC=C3[C@H]2C[C@@]2(Cl)C(=O)N(c4ccc(F)cc4)C(=O)[C@@]2(Cl)[C@H]3c2ccc(O)cc2)C(=O)N1c1ccc(Nc2ccccc2)cc1. The molecule has 4 aromatic rings. The minimum atomic E-state index is -2.04. The third-order valence-electron chi connectivity index (χ3n) is 10.3. The van der Waals surface area contributed by atoms with E-state index in [4.69, 9.17) is 23.2 Å². The fraction of sp³-hybridized carbons (Fsp3) is 0.211. The van der Waals surface area contributed by atoms with Crippen LogP contribution in [0.4, 0.5) is 27.1 Å². The van der Waals surface area contributed by atoms with E-state index >= 15 is 0 Å². The number of imide groups is 2. The predicted octanol–water partition coefficient (Wildman–Crippen LogP) is 7.04. The second kappa shape index (κ2) is 11.3. The van der Waals surface area contributed by atoms with Crippen molar-refractivity contribution in [3.8, 4) is 5.75 Å². The lowest BCUT2D eigenvalue weighted by Crippen LogP contribution is -2.60. The maximum Gasteiger partial charge on any atom is 0.258 e. The van der Waals surface area contributed by atoms with E-state index < -0.39 is 57.0 Å². The highest BCUT2D eigenvalue weighted by Crippen LogP contribution is 2.66. The summed E-state index contributed by atoms with van der Waals surface area (Å²) >= 11 is 14.7. The first-order valence-electron chi connectivity index (χ1n) is 15.8. The molecular weight excluding hydrogens is 668 g/mol. The van der Waals surface area contributed by atoms with E-state index in [1.807, 2.05) is 36.4 Å². The third-order valence-corrected chi connectivity index (χ3v) is 11.7. The van der Waals surface area contributed by atoms with Crippen molar-refractivity contribution in [2.75, 3.05) is 15.1 Å². The van der Waals surface area contributed by atoms with Crippen molar-refractivity contribution in [1.29, 1.82) is 0 Å². The zero-order valence-corrected chi connectivity index (χ0v) is 27.2. The van der Waals surface area contributed by atoms with Crippen LogP contribution in [0, 0.1) is 23.6 Å². The van der Waals surface area contributed by atoms with E-state index in [9.17, 15) is 28.7 Å². The van der Waals surface area contributed by atoms with Gasteiger partial charge in [-0.05, 0) is 97.1 Å². The maximum absolute atomic E-state index is 14.4. The smallest absolute Gasteiger partial charge is 0.258 e. The van der Waals surface area contributed by atoms with Gasteiger partial charge in [0.15, 0.2) is 9.75 Å². The Balaban J connectivity index is 1.19. The first-order valence-corrected chi connectivity index (χ1v) is 16.6. The van der Waals surface area contributed by atoms with Gasteiger partial charge >= 0.3 is 0 Å². The van der Waals surface area contributed by atoms with Crippen LogP contribution in [0.25, 0.3) is 0 Å². The molecule has 3 fully saturated rings. The normalized spacial score (nSPS) is 29.0. The average Bonchev–Trinajstić information content (AvgIpc) is 3.44. The molecule has 49 heavy (non-hydrogen) atoms. The molecule has 4 aliphatic rings. The van der Waals surface area contributed by atoms with Crippen LogP contribution in [0.15, 0.2) is 115 Å². The number of carbonyl (C=O) groups excluding carboxylic acids is 4. The summed E-state index contributed by atoms with van der Waals surface area (Å²) in [6, 6.07) is 27.6. The van der Waals surface area contributed by atoms with E-state index in [0.29, 0.717) is 16.8 Å². The molecule has 8 rings (SSSR count). The summed E-state index contributed by atoms with van der Waals surface area (Å²) < 4.78 is 13.9. The number of phenols is 1. The highest BCUT2D eigenvalue weighted by molar-refractivity contribution is 6.58. The molecule has 11 heteroatoms. The first kappa shape index (κ1) is 31.3. The molecule has 2 heterocycles. The second-order valence-corrected chi connectivity index (χ2v) is 14.1. The fourth-order valence-corrected chi connectivity index (χ4v) is 9.01. The number of para-hydroxylation sites is 1. The number of carbonyl (C=O) groups is 4. The van der Waals surface area contributed by atoms with Crippen LogP contribution in [0.2, 0.25) is 0 Å². The van der Waals surface area contributed by atoms with Gasteiger partial charge in [0.2, 0.25) is 11.8 Å². The Kier molecular flexibility index (Phi) is 7.21. The molecule has 0 spiro atoms. The van der Waals surface area contributed by atoms with Crippen molar-refractivity contribution in [2.45, 2.75) is 28.5 Å². The van der Waals surface area contributed by atoms with Crippen LogP contribution < -0.4 is 15.1 Å². The number of benzene rings is 4. The lowest BCUT2D eigenvalue weighted by molar-refractivity contribution is -0.125. The van der Waals surface area contributed by atoms with Gasteiger partial charge in [0.25, 0.3) is 11.8 Å². The van der Waals surface area contributed by atoms with Crippen molar-refractivity contribution in [3.05, 3.63) is 126 Å². The molecule has 4 amide bonds. The van der Waals surface area contributed by atoms with Gasteiger partial charge in [-0.25, -0.2) is 9.29 Å². The van der Waals surface area contributed by atoms with Gasteiger partial charge in [0.05, 0.1) is 23.2 Å². The molecule has 0 bridgehead atoms. The summed E-state index contributed by atoms with van der Waals surface area (Å²) in [5.74, 6) is -6.21. The van der Waals surface area contributed by atoms with Crippen molar-refractivity contribution in [2.24, 2.45) is 17.8 Å². The molecule has 8 nitrogen and oxygen atoms in total. The molecule has 0 radical (unpaired) electrons. The zero-order chi connectivity index (χ0) is 34.2. The minimum Gasteiger partial charge on any atom is -0.508 e. The van der Waals surface area contributed by atoms with E-state index in [2.05, 4.69) is 5.32 Å². The van der Waals surface area contributed by atoms with E-state index in [1.165, 1.54) is 29.2 Å². The van der Waals surface area contributed by atoms with Gasteiger partial charge in [-0.15, -0.1) is 23.2 Å². The van der Waals surface area contributed by atoms with Gasteiger partial charge < -0.3 is 10.4 Å². The van der Waals surface area contributed by atoms with E-state index in [0.717, 1.165) is 28.4 Å². The van der Waals surface area contributed by atoms with Crippen molar-refractivity contribution >= 4 is 69.6 Å². The number of nitrogens with zero attached hydrogens (tertiary/aromatic N) is 2. The monoisotopic (exact) mass is 695 g/mol. The molecule has 1 saturated carbocycles. The molecule has 246 valence electrons. The number of phenolic OH excluding ortho intramolecular Hbond substituents is 1. The molecule has 2 aliphatic heterocycles. The largest absolute Gasteiger partial charge is 0.508 e. The second-order valence-electron chi connectivity index (χ2n) is 12.9. The Hall–Kier alpha value is -4.99. The fourth-order valence-electron chi connectivity index (χ4n) is 8.08.